The lowest BCUT2D eigenvalue weighted by Crippen LogP contribution is -2.53. The molecule has 0 aromatic carbocycles. The normalized spacial score (nSPS) is 23.1. The Hall–Kier alpha value is -0.570. The fourth-order valence-corrected chi connectivity index (χ4v) is 1.23. The second-order valence-corrected chi connectivity index (χ2v) is 3.53. The average Bonchev–Trinajstić information content (AvgIpc) is 2.65. The number of halogens is 7. The molecule has 102 valence electrons. The minimum absolute atomic E-state index is 0.245. The van der Waals surface area contributed by atoms with E-state index in [9.17, 15) is 30.7 Å². The molecule has 1 rings (SSSR count). The molecule has 0 spiro atoms. The smallest absolute Gasteiger partial charge is 0.376 e. The van der Waals surface area contributed by atoms with Crippen LogP contribution in [0.15, 0.2) is 0 Å². The molecule has 0 aromatic heterocycles. The van der Waals surface area contributed by atoms with E-state index in [4.69, 9.17) is 4.74 Å². The lowest BCUT2D eigenvalue weighted by atomic mass is 10.2. The molecule has 1 aliphatic heterocycles. The Bertz CT molecular complexity index is 257. The number of hydrogen-bond acceptors (Lipinski definition) is 2. The first-order valence-corrected chi connectivity index (χ1v) is 4.66. The highest BCUT2D eigenvalue weighted by Gasteiger charge is 2.74. The molecule has 0 saturated carbocycles. The lowest BCUT2D eigenvalue weighted by molar-refractivity contribution is -0.425. The van der Waals surface area contributed by atoms with Crippen LogP contribution in [0.25, 0.3) is 0 Å². The van der Waals surface area contributed by atoms with E-state index in [2.05, 4.69) is 4.74 Å². The van der Waals surface area contributed by atoms with Gasteiger partial charge in [0.15, 0.2) is 0 Å². The Kier molecular flexibility index (Phi) is 3.92. The van der Waals surface area contributed by atoms with E-state index in [-0.39, 0.29) is 13.0 Å². The van der Waals surface area contributed by atoms with Crippen molar-refractivity contribution in [1.82, 2.24) is 0 Å². The van der Waals surface area contributed by atoms with Crippen molar-refractivity contribution in [2.75, 3.05) is 13.2 Å². The van der Waals surface area contributed by atoms with Crippen molar-refractivity contribution in [3.05, 3.63) is 0 Å². The fourth-order valence-electron chi connectivity index (χ4n) is 1.23. The summed E-state index contributed by atoms with van der Waals surface area (Å²) in [5, 5.41) is 0. The summed E-state index contributed by atoms with van der Waals surface area (Å²) >= 11 is 0. The summed E-state index contributed by atoms with van der Waals surface area (Å²) in [5.74, 6) is -6.22. The van der Waals surface area contributed by atoms with Gasteiger partial charge in [-0.2, -0.15) is 30.7 Å². The molecule has 1 saturated heterocycles. The second kappa shape index (κ2) is 4.60. The van der Waals surface area contributed by atoms with Crippen LogP contribution in [0.4, 0.5) is 30.7 Å². The monoisotopic (exact) mass is 270 g/mol. The first kappa shape index (κ1) is 14.5. The van der Waals surface area contributed by atoms with Crippen molar-refractivity contribution in [3.63, 3.8) is 0 Å². The van der Waals surface area contributed by atoms with Crippen molar-refractivity contribution in [1.29, 1.82) is 0 Å². The van der Waals surface area contributed by atoms with Crippen LogP contribution in [-0.2, 0) is 9.47 Å². The maximum absolute atomic E-state index is 12.6. The van der Waals surface area contributed by atoms with Crippen molar-refractivity contribution >= 4 is 0 Å². The number of alkyl halides is 7. The molecule has 1 heterocycles. The Morgan fingerprint density at radius 1 is 1.06 bits per heavy atom. The van der Waals surface area contributed by atoms with E-state index in [1.807, 2.05) is 0 Å². The quantitative estimate of drug-likeness (QED) is 0.731. The van der Waals surface area contributed by atoms with E-state index in [0.717, 1.165) is 0 Å². The molecule has 9 heteroatoms. The zero-order valence-corrected chi connectivity index (χ0v) is 8.37. The first-order chi connectivity index (χ1) is 7.58. The van der Waals surface area contributed by atoms with Crippen LogP contribution in [0.2, 0.25) is 0 Å². The second-order valence-electron chi connectivity index (χ2n) is 3.53. The van der Waals surface area contributed by atoms with Crippen molar-refractivity contribution in [2.24, 2.45) is 0 Å². The van der Waals surface area contributed by atoms with E-state index in [1.165, 1.54) is 0 Å². The Morgan fingerprint density at radius 2 is 1.65 bits per heavy atom. The van der Waals surface area contributed by atoms with Gasteiger partial charge in [-0.3, -0.25) is 0 Å². The third kappa shape index (κ3) is 3.01. The summed E-state index contributed by atoms with van der Waals surface area (Å²) in [6.07, 6.45) is -12.0. The van der Waals surface area contributed by atoms with Gasteiger partial charge in [0, 0.05) is 6.61 Å². The molecule has 1 aliphatic rings. The summed E-state index contributed by atoms with van der Waals surface area (Å²) in [7, 11) is 0. The van der Waals surface area contributed by atoms with Gasteiger partial charge < -0.3 is 9.47 Å². The minimum atomic E-state index is -6.37. The zero-order chi connectivity index (χ0) is 13.3. The maximum atomic E-state index is 12.6. The van der Waals surface area contributed by atoms with Crippen LogP contribution >= 0.6 is 0 Å². The summed E-state index contributed by atoms with van der Waals surface area (Å²) < 4.78 is 93.1. The fraction of sp³-hybridized carbons (Fsp3) is 1.00. The van der Waals surface area contributed by atoms with Crippen molar-refractivity contribution in [3.8, 4) is 0 Å². The van der Waals surface area contributed by atoms with Gasteiger partial charge in [0.2, 0.25) is 0 Å². The first-order valence-electron chi connectivity index (χ1n) is 4.66. The molecule has 1 fully saturated rings. The van der Waals surface area contributed by atoms with E-state index < -0.39 is 30.9 Å². The summed E-state index contributed by atoms with van der Waals surface area (Å²) in [4.78, 5) is 0. The van der Waals surface area contributed by atoms with Crippen LogP contribution in [0.3, 0.4) is 0 Å². The van der Waals surface area contributed by atoms with Gasteiger partial charge in [0.1, 0.15) is 0 Å². The highest BCUT2D eigenvalue weighted by atomic mass is 19.4. The van der Waals surface area contributed by atoms with Gasteiger partial charge in [0.25, 0.3) is 0 Å². The molecular formula is C8H9F7O2. The topological polar surface area (TPSA) is 18.5 Å². The van der Waals surface area contributed by atoms with Crippen LogP contribution in [0, 0.1) is 0 Å². The van der Waals surface area contributed by atoms with Gasteiger partial charge >= 0.3 is 18.2 Å². The van der Waals surface area contributed by atoms with Crippen LogP contribution in [0.1, 0.15) is 12.8 Å². The standard InChI is InChI=1S/C8H9F7O2/c9-6(10,7(11,12)13)8(14,15)17-4-5-2-1-3-16-5/h5H,1-4H2. The molecule has 0 amide bonds. The Balaban J connectivity index is 2.60. The van der Waals surface area contributed by atoms with Crippen molar-refractivity contribution < 1.29 is 40.2 Å². The molecule has 17 heavy (non-hydrogen) atoms. The summed E-state index contributed by atoms with van der Waals surface area (Å²) in [6.45, 7) is -0.756. The van der Waals surface area contributed by atoms with E-state index in [1.54, 1.807) is 0 Å². The molecule has 0 aliphatic carbocycles. The molecule has 0 bridgehead atoms. The molecule has 1 atom stereocenters. The molecule has 0 radical (unpaired) electrons. The van der Waals surface area contributed by atoms with Gasteiger partial charge in [-0.25, -0.2) is 0 Å². The van der Waals surface area contributed by atoms with Crippen molar-refractivity contribution in [2.45, 2.75) is 37.2 Å². The van der Waals surface area contributed by atoms with Gasteiger partial charge in [0.05, 0.1) is 12.7 Å². The van der Waals surface area contributed by atoms with Crippen LogP contribution in [0.5, 0.6) is 0 Å². The zero-order valence-electron chi connectivity index (χ0n) is 8.37. The largest absolute Gasteiger partial charge is 0.462 e. The lowest BCUT2D eigenvalue weighted by Gasteiger charge is -2.28. The molecule has 1 unspecified atom stereocenters. The predicted octanol–water partition coefficient (Wildman–Crippen LogP) is 2.97. The summed E-state index contributed by atoms with van der Waals surface area (Å²) in [5.41, 5.74) is 0. The molecule has 0 aromatic rings. The SMILES string of the molecule is FC(F)(F)C(F)(F)C(F)(F)OCC1CCCO1. The number of ether oxygens (including phenoxy) is 2. The predicted molar refractivity (Wildman–Crippen MR) is 40.9 cm³/mol. The highest BCUT2D eigenvalue weighted by molar-refractivity contribution is 4.85. The average molecular weight is 270 g/mol. The van der Waals surface area contributed by atoms with Crippen LogP contribution in [-0.4, -0.2) is 37.5 Å². The van der Waals surface area contributed by atoms with Crippen LogP contribution < -0.4 is 0 Å². The third-order valence-corrected chi connectivity index (χ3v) is 2.20. The van der Waals surface area contributed by atoms with Gasteiger partial charge in [-0.15, -0.1) is 0 Å². The van der Waals surface area contributed by atoms with Gasteiger partial charge in [-0.05, 0) is 12.8 Å². The van der Waals surface area contributed by atoms with E-state index >= 15 is 0 Å². The van der Waals surface area contributed by atoms with E-state index in [0.29, 0.717) is 6.42 Å². The Labute approximate surface area is 91.7 Å². The number of hydrogen-bond donors (Lipinski definition) is 0. The third-order valence-electron chi connectivity index (χ3n) is 2.20. The maximum Gasteiger partial charge on any atom is 0.462 e. The highest BCUT2D eigenvalue weighted by Crippen LogP contribution is 2.47. The minimum Gasteiger partial charge on any atom is -0.376 e. The summed E-state index contributed by atoms with van der Waals surface area (Å²) in [6, 6.07) is 0. The molecular weight excluding hydrogens is 261 g/mol. The molecule has 0 N–H and O–H groups in total. The molecule has 2 nitrogen and oxygen atoms in total. The number of rotatable bonds is 4. The van der Waals surface area contributed by atoms with Gasteiger partial charge in [-0.1, -0.05) is 0 Å². The Morgan fingerprint density at radius 3 is 2.06 bits per heavy atom.